The number of hydrogen-bond acceptors (Lipinski definition) is 8. The minimum atomic E-state index is -1.07. The van der Waals surface area contributed by atoms with Crippen molar-refractivity contribution < 1.29 is 23.9 Å². The predicted molar refractivity (Wildman–Crippen MR) is 105 cm³/mol. The molecular formula is C19H17N5O6. The largest absolute Gasteiger partial charge is 0.493 e. The van der Waals surface area contributed by atoms with E-state index in [-0.39, 0.29) is 16.8 Å². The number of carbonyl (C=O) groups is 1. The number of H-pyrrole nitrogens is 1. The molecule has 0 fully saturated rings. The molecule has 11 heteroatoms. The van der Waals surface area contributed by atoms with E-state index in [1.54, 1.807) is 12.1 Å². The Morgan fingerprint density at radius 3 is 2.40 bits per heavy atom. The topological polar surface area (TPSA) is 152 Å². The first-order valence-corrected chi connectivity index (χ1v) is 8.56. The van der Waals surface area contributed by atoms with E-state index < -0.39 is 16.9 Å². The molecule has 2 aromatic carbocycles. The van der Waals surface area contributed by atoms with Gasteiger partial charge in [0, 0.05) is 17.5 Å². The second kappa shape index (κ2) is 8.36. The molecule has 0 radical (unpaired) electrons. The number of amides is 1. The molecule has 1 heterocycles. The van der Waals surface area contributed by atoms with Crippen LogP contribution in [-0.2, 0) is 0 Å². The summed E-state index contributed by atoms with van der Waals surface area (Å²) in [6.07, 6.45) is 0. The lowest BCUT2D eigenvalue weighted by Gasteiger charge is -2.17. The number of fused-ring (bicyclic) bond motifs is 1. The van der Waals surface area contributed by atoms with Crippen LogP contribution in [0.25, 0.3) is 10.9 Å². The van der Waals surface area contributed by atoms with E-state index in [1.807, 2.05) is 6.07 Å². The van der Waals surface area contributed by atoms with Crippen molar-refractivity contribution in [3.05, 3.63) is 51.7 Å². The maximum atomic E-state index is 12.8. The first-order chi connectivity index (χ1) is 14.4. The number of nitrogens with zero attached hydrogens (tertiary/aromatic N) is 3. The van der Waals surface area contributed by atoms with Gasteiger partial charge in [-0.25, -0.2) is 0 Å². The van der Waals surface area contributed by atoms with Gasteiger partial charge >= 0.3 is 0 Å². The average Bonchev–Trinajstić information content (AvgIpc) is 3.19. The Labute approximate surface area is 170 Å². The van der Waals surface area contributed by atoms with Crippen molar-refractivity contribution in [2.75, 3.05) is 21.3 Å². The van der Waals surface area contributed by atoms with E-state index in [9.17, 15) is 20.2 Å². The van der Waals surface area contributed by atoms with Crippen molar-refractivity contribution in [1.82, 2.24) is 15.5 Å². The zero-order valence-electron chi connectivity index (χ0n) is 16.3. The standard InChI is InChI=1S/C19H17N5O6/c1-28-15-6-10(7-16(29-2)18(15)30-3)14(9-20)21-19(25)17-12-8-11(24(26)27)4-5-13(12)22-23-17/h4-8,14H,1-3H3,(H,21,25)(H,22,23). The number of hydrogen-bond donors (Lipinski definition) is 2. The highest BCUT2D eigenvalue weighted by Gasteiger charge is 2.23. The summed E-state index contributed by atoms with van der Waals surface area (Å²) >= 11 is 0. The van der Waals surface area contributed by atoms with Crippen molar-refractivity contribution in [2.24, 2.45) is 0 Å². The van der Waals surface area contributed by atoms with Gasteiger partial charge in [-0.1, -0.05) is 0 Å². The monoisotopic (exact) mass is 411 g/mol. The molecule has 3 rings (SSSR count). The summed E-state index contributed by atoms with van der Waals surface area (Å²) < 4.78 is 15.8. The molecule has 0 bridgehead atoms. The van der Waals surface area contributed by atoms with Crippen molar-refractivity contribution in [1.29, 1.82) is 5.26 Å². The number of non-ortho nitro benzene ring substituents is 1. The fraction of sp³-hybridized carbons (Fsp3) is 0.211. The van der Waals surface area contributed by atoms with Gasteiger partial charge in [-0.15, -0.1) is 0 Å². The number of nitriles is 1. The van der Waals surface area contributed by atoms with Crippen LogP contribution in [0.5, 0.6) is 17.2 Å². The highest BCUT2D eigenvalue weighted by atomic mass is 16.6. The molecule has 0 aliphatic rings. The summed E-state index contributed by atoms with van der Waals surface area (Å²) in [4.78, 5) is 23.2. The molecule has 0 saturated heterocycles. The lowest BCUT2D eigenvalue weighted by Crippen LogP contribution is -2.28. The van der Waals surface area contributed by atoms with Gasteiger partial charge in [0.25, 0.3) is 11.6 Å². The second-order valence-electron chi connectivity index (χ2n) is 6.05. The van der Waals surface area contributed by atoms with Crippen LogP contribution in [0, 0.1) is 21.4 Å². The second-order valence-corrected chi connectivity index (χ2v) is 6.05. The lowest BCUT2D eigenvalue weighted by molar-refractivity contribution is -0.384. The van der Waals surface area contributed by atoms with Gasteiger partial charge in [0.15, 0.2) is 17.2 Å². The zero-order chi connectivity index (χ0) is 21.8. The van der Waals surface area contributed by atoms with Crippen LogP contribution in [0.1, 0.15) is 22.1 Å². The number of methoxy groups -OCH3 is 3. The van der Waals surface area contributed by atoms with Crippen molar-refractivity contribution >= 4 is 22.5 Å². The molecule has 0 spiro atoms. The number of nitro benzene ring substituents is 1. The van der Waals surface area contributed by atoms with Gasteiger partial charge in [0.1, 0.15) is 6.04 Å². The molecule has 154 valence electrons. The molecule has 1 amide bonds. The fourth-order valence-electron chi connectivity index (χ4n) is 2.95. The SMILES string of the molecule is COc1cc(C(C#N)NC(=O)c2n[nH]c3ccc([N+](=O)[O-])cc23)cc(OC)c1OC. The van der Waals surface area contributed by atoms with Gasteiger partial charge in [-0.05, 0) is 23.8 Å². The summed E-state index contributed by atoms with van der Waals surface area (Å²) in [6, 6.07) is 8.02. The number of carbonyl (C=O) groups excluding carboxylic acids is 1. The summed E-state index contributed by atoms with van der Waals surface area (Å²) in [5.41, 5.74) is 0.596. The highest BCUT2D eigenvalue weighted by molar-refractivity contribution is 6.05. The predicted octanol–water partition coefficient (Wildman–Crippen LogP) is 2.49. The Balaban J connectivity index is 1.96. The number of benzene rings is 2. The van der Waals surface area contributed by atoms with Gasteiger partial charge in [-0.2, -0.15) is 10.4 Å². The quantitative estimate of drug-likeness (QED) is 0.444. The summed E-state index contributed by atoms with van der Waals surface area (Å²) in [7, 11) is 4.32. The van der Waals surface area contributed by atoms with Crippen LogP contribution in [0.3, 0.4) is 0 Å². The van der Waals surface area contributed by atoms with E-state index in [0.717, 1.165) is 0 Å². The first-order valence-electron chi connectivity index (χ1n) is 8.56. The van der Waals surface area contributed by atoms with Crippen LogP contribution in [-0.4, -0.2) is 42.4 Å². The fourth-order valence-corrected chi connectivity index (χ4v) is 2.95. The molecule has 1 atom stereocenters. The summed E-state index contributed by atoms with van der Waals surface area (Å²) in [5, 5.41) is 30.0. The third-order valence-electron chi connectivity index (χ3n) is 4.40. The molecule has 2 N–H and O–H groups in total. The molecule has 0 aliphatic carbocycles. The molecule has 0 aliphatic heterocycles. The van der Waals surface area contributed by atoms with Crippen LogP contribution in [0.15, 0.2) is 30.3 Å². The number of rotatable bonds is 7. The number of ether oxygens (including phenoxy) is 3. The molecule has 0 saturated carbocycles. The maximum Gasteiger partial charge on any atom is 0.273 e. The Morgan fingerprint density at radius 1 is 1.20 bits per heavy atom. The van der Waals surface area contributed by atoms with Crippen molar-refractivity contribution in [3.63, 3.8) is 0 Å². The Kier molecular flexibility index (Phi) is 5.68. The minimum absolute atomic E-state index is 0.0682. The average molecular weight is 411 g/mol. The van der Waals surface area contributed by atoms with Gasteiger partial charge in [0.2, 0.25) is 5.75 Å². The van der Waals surface area contributed by atoms with Gasteiger partial charge in [-0.3, -0.25) is 20.0 Å². The lowest BCUT2D eigenvalue weighted by atomic mass is 10.1. The molecule has 3 aromatic rings. The van der Waals surface area contributed by atoms with Crippen molar-refractivity contribution in [2.45, 2.75) is 6.04 Å². The van der Waals surface area contributed by atoms with E-state index in [4.69, 9.17) is 14.2 Å². The number of nitrogens with one attached hydrogen (secondary N) is 2. The molecule has 1 aromatic heterocycles. The smallest absolute Gasteiger partial charge is 0.273 e. The normalized spacial score (nSPS) is 11.4. The van der Waals surface area contributed by atoms with Crippen LogP contribution in [0.4, 0.5) is 5.69 Å². The summed E-state index contributed by atoms with van der Waals surface area (Å²) in [5.74, 6) is 0.309. The maximum absolute atomic E-state index is 12.8. The molecule has 11 nitrogen and oxygen atoms in total. The van der Waals surface area contributed by atoms with Crippen molar-refractivity contribution in [3.8, 4) is 23.3 Å². The van der Waals surface area contributed by atoms with E-state index in [0.29, 0.717) is 28.3 Å². The van der Waals surface area contributed by atoms with E-state index in [1.165, 1.54) is 39.5 Å². The number of nitro groups is 1. The van der Waals surface area contributed by atoms with Crippen LogP contribution < -0.4 is 19.5 Å². The summed E-state index contributed by atoms with van der Waals surface area (Å²) in [6.45, 7) is 0. The van der Waals surface area contributed by atoms with Crippen LogP contribution >= 0.6 is 0 Å². The first kappa shape index (κ1) is 20.4. The Morgan fingerprint density at radius 2 is 1.87 bits per heavy atom. The minimum Gasteiger partial charge on any atom is -0.493 e. The molecule has 30 heavy (non-hydrogen) atoms. The number of aromatic nitrogens is 2. The van der Waals surface area contributed by atoms with E-state index in [2.05, 4.69) is 15.5 Å². The Hall–Kier alpha value is -4.33. The third kappa shape index (κ3) is 3.66. The van der Waals surface area contributed by atoms with E-state index >= 15 is 0 Å². The third-order valence-corrected chi connectivity index (χ3v) is 4.40. The molecule has 1 unspecified atom stereocenters. The highest BCUT2D eigenvalue weighted by Crippen LogP contribution is 2.39. The Bertz CT molecular complexity index is 1140. The van der Waals surface area contributed by atoms with Gasteiger partial charge in [0.05, 0.1) is 37.8 Å². The molecular weight excluding hydrogens is 394 g/mol. The zero-order valence-corrected chi connectivity index (χ0v) is 16.3. The number of aromatic amines is 1. The van der Waals surface area contributed by atoms with Gasteiger partial charge < -0.3 is 19.5 Å². The van der Waals surface area contributed by atoms with Crippen LogP contribution in [0.2, 0.25) is 0 Å².